The van der Waals surface area contributed by atoms with Crippen LogP contribution in [0.3, 0.4) is 0 Å². The smallest absolute Gasteiger partial charge is 0.262 e. The largest absolute Gasteiger partial charge is 0.352 e. The van der Waals surface area contributed by atoms with E-state index >= 15 is 0 Å². The van der Waals surface area contributed by atoms with E-state index in [1.807, 2.05) is 6.08 Å². The van der Waals surface area contributed by atoms with Gasteiger partial charge in [-0.1, -0.05) is 24.3 Å². The van der Waals surface area contributed by atoms with Crippen LogP contribution in [0.5, 0.6) is 0 Å². The Bertz CT molecular complexity index is 1280. The second-order valence-electron chi connectivity index (χ2n) is 8.50. The molecule has 9 heteroatoms. The zero-order valence-electron chi connectivity index (χ0n) is 18.5. The molecule has 0 saturated carbocycles. The van der Waals surface area contributed by atoms with E-state index in [0.29, 0.717) is 27.9 Å². The van der Waals surface area contributed by atoms with Gasteiger partial charge in [-0.2, -0.15) is 0 Å². The quantitative estimate of drug-likeness (QED) is 0.678. The predicted molar refractivity (Wildman–Crippen MR) is 120 cm³/mol. The number of aromatic nitrogens is 2. The van der Waals surface area contributed by atoms with Crippen LogP contribution >= 0.6 is 0 Å². The third kappa shape index (κ3) is 4.62. The molecule has 1 aliphatic carbocycles. The molecule has 2 N–H and O–H groups in total. The molecule has 1 fully saturated rings. The van der Waals surface area contributed by atoms with Crippen LogP contribution < -0.4 is 16.2 Å². The second-order valence-corrected chi connectivity index (χ2v) is 8.50. The van der Waals surface area contributed by atoms with Crippen molar-refractivity contribution in [3.8, 4) is 0 Å². The van der Waals surface area contributed by atoms with Crippen molar-refractivity contribution in [3.05, 3.63) is 63.5 Å². The Labute approximate surface area is 189 Å². The van der Waals surface area contributed by atoms with Gasteiger partial charge in [0.25, 0.3) is 5.56 Å². The minimum atomic E-state index is -0.820. The van der Waals surface area contributed by atoms with Gasteiger partial charge < -0.3 is 5.32 Å². The molecule has 0 radical (unpaired) electrons. The molecule has 4 rings (SSSR count). The number of allylic oxidation sites excluding steroid dienone is 4. The van der Waals surface area contributed by atoms with Gasteiger partial charge in [-0.05, 0) is 43.4 Å². The topological polar surface area (TPSA) is 110 Å². The number of aryl methyl sites for hydroxylation is 1. The lowest BCUT2D eigenvalue weighted by Gasteiger charge is -2.24. The van der Waals surface area contributed by atoms with Crippen molar-refractivity contribution in [2.45, 2.75) is 52.1 Å². The minimum Gasteiger partial charge on any atom is -0.352 e. The van der Waals surface area contributed by atoms with E-state index < -0.39 is 17.5 Å². The number of halogens is 1. The van der Waals surface area contributed by atoms with Gasteiger partial charge in [-0.25, -0.2) is 9.37 Å². The minimum absolute atomic E-state index is 0.0965. The van der Waals surface area contributed by atoms with E-state index in [9.17, 15) is 23.6 Å². The molecule has 2 unspecified atom stereocenters. The van der Waals surface area contributed by atoms with E-state index in [0.717, 1.165) is 0 Å². The zero-order valence-corrected chi connectivity index (χ0v) is 18.5. The molecule has 2 aromatic rings. The summed E-state index contributed by atoms with van der Waals surface area (Å²) in [6, 6.07) is 4.36. The van der Waals surface area contributed by atoms with Crippen LogP contribution in [-0.4, -0.2) is 27.3 Å². The standard InChI is InChI=1S/C24H25FN4O4/c1-13-6-7-15(10-17(13)25)11-21(31)26-12-16-4-3-5-18-22(16)24(33)29(14(2)27-18)19-8-9-20(30)28-23(19)32/h3-7,15,19H,8-12H2,1-2H3,(H,26,31)(H,28,30,32). The Morgan fingerprint density at radius 2 is 2.06 bits per heavy atom. The molecule has 3 amide bonds. The third-order valence-corrected chi connectivity index (χ3v) is 6.13. The highest BCUT2D eigenvalue weighted by Gasteiger charge is 2.30. The van der Waals surface area contributed by atoms with Gasteiger partial charge in [0.2, 0.25) is 17.7 Å². The van der Waals surface area contributed by atoms with E-state index in [1.165, 1.54) is 4.57 Å². The molecule has 0 spiro atoms. The monoisotopic (exact) mass is 452 g/mol. The number of carbonyl (C=O) groups excluding carboxylic acids is 3. The maximum Gasteiger partial charge on any atom is 0.262 e. The van der Waals surface area contributed by atoms with Crippen molar-refractivity contribution < 1.29 is 18.8 Å². The molecule has 8 nitrogen and oxygen atoms in total. The number of piperidine rings is 1. The normalized spacial score (nSPS) is 20.8. The number of imide groups is 1. The number of nitrogens with one attached hydrogen (secondary N) is 2. The Morgan fingerprint density at radius 3 is 2.79 bits per heavy atom. The summed E-state index contributed by atoms with van der Waals surface area (Å²) >= 11 is 0. The molecular weight excluding hydrogens is 427 g/mol. The molecular formula is C24H25FN4O4. The third-order valence-electron chi connectivity index (χ3n) is 6.13. The number of carbonyl (C=O) groups is 3. The summed E-state index contributed by atoms with van der Waals surface area (Å²) in [5, 5.41) is 5.40. The Kier molecular flexibility index (Phi) is 6.22. The molecule has 1 aromatic carbocycles. The van der Waals surface area contributed by atoms with Gasteiger partial charge in [0.15, 0.2) is 0 Å². The molecule has 33 heavy (non-hydrogen) atoms. The van der Waals surface area contributed by atoms with Gasteiger partial charge in [0.05, 0.1) is 10.9 Å². The first-order chi connectivity index (χ1) is 15.7. The lowest BCUT2D eigenvalue weighted by Crippen LogP contribution is -2.45. The highest BCUT2D eigenvalue weighted by molar-refractivity contribution is 5.99. The van der Waals surface area contributed by atoms with Crippen molar-refractivity contribution in [1.29, 1.82) is 0 Å². The molecule has 2 heterocycles. The molecule has 2 atom stereocenters. The number of amides is 3. The van der Waals surface area contributed by atoms with E-state index in [1.54, 1.807) is 38.1 Å². The van der Waals surface area contributed by atoms with Crippen LogP contribution in [0.25, 0.3) is 10.9 Å². The number of fused-ring (bicyclic) bond motifs is 1. The molecule has 1 aliphatic heterocycles. The van der Waals surface area contributed by atoms with Crippen LogP contribution in [0, 0.1) is 12.8 Å². The molecule has 2 aliphatic rings. The van der Waals surface area contributed by atoms with Gasteiger partial charge in [-0.3, -0.25) is 29.1 Å². The van der Waals surface area contributed by atoms with Crippen LogP contribution in [0.4, 0.5) is 4.39 Å². The number of hydrogen-bond donors (Lipinski definition) is 2. The second kappa shape index (κ2) is 9.09. The van der Waals surface area contributed by atoms with Gasteiger partial charge in [0, 0.05) is 25.8 Å². The van der Waals surface area contributed by atoms with Crippen LogP contribution in [0.15, 0.2) is 46.5 Å². The van der Waals surface area contributed by atoms with Crippen molar-refractivity contribution in [2.75, 3.05) is 0 Å². The summed E-state index contributed by atoms with van der Waals surface area (Å²) in [5.41, 5.74) is 1.22. The Morgan fingerprint density at radius 1 is 1.27 bits per heavy atom. The molecule has 1 aromatic heterocycles. The molecule has 172 valence electrons. The number of hydrogen-bond acceptors (Lipinski definition) is 5. The van der Waals surface area contributed by atoms with E-state index in [4.69, 9.17) is 0 Å². The number of nitrogens with zero attached hydrogens (tertiary/aromatic N) is 2. The summed E-state index contributed by atoms with van der Waals surface area (Å²) in [7, 11) is 0. The van der Waals surface area contributed by atoms with Gasteiger partial charge in [-0.15, -0.1) is 0 Å². The Hall–Kier alpha value is -3.62. The fourth-order valence-electron chi connectivity index (χ4n) is 4.34. The van der Waals surface area contributed by atoms with Crippen molar-refractivity contribution in [3.63, 3.8) is 0 Å². The first kappa shape index (κ1) is 22.6. The summed E-state index contributed by atoms with van der Waals surface area (Å²) in [4.78, 5) is 54.3. The summed E-state index contributed by atoms with van der Waals surface area (Å²) in [5.74, 6) is -1.19. The maximum absolute atomic E-state index is 13.8. The highest BCUT2D eigenvalue weighted by atomic mass is 19.1. The van der Waals surface area contributed by atoms with E-state index in [-0.39, 0.29) is 55.8 Å². The fourth-order valence-corrected chi connectivity index (χ4v) is 4.34. The zero-order chi connectivity index (χ0) is 23.7. The van der Waals surface area contributed by atoms with E-state index in [2.05, 4.69) is 15.6 Å². The SMILES string of the molecule is CC1=C(F)CC(CC(=O)NCc2cccc3nc(C)n(C4CCC(=O)NC4=O)c(=O)c23)C=C1. The molecule has 0 bridgehead atoms. The van der Waals surface area contributed by atoms with Crippen molar-refractivity contribution in [2.24, 2.45) is 5.92 Å². The lowest BCUT2D eigenvalue weighted by atomic mass is 9.93. The van der Waals surface area contributed by atoms with Gasteiger partial charge >= 0.3 is 0 Å². The molecule has 1 saturated heterocycles. The number of benzene rings is 1. The van der Waals surface area contributed by atoms with Crippen molar-refractivity contribution in [1.82, 2.24) is 20.2 Å². The fraction of sp³-hybridized carbons (Fsp3) is 0.375. The first-order valence-corrected chi connectivity index (χ1v) is 10.9. The van der Waals surface area contributed by atoms with Crippen LogP contribution in [0.2, 0.25) is 0 Å². The average molecular weight is 452 g/mol. The maximum atomic E-state index is 13.8. The average Bonchev–Trinajstić information content (AvgIpc) is 2.76. The Balaban J connectivity index is 1.57. The summed E-state index contributed by atoms with van der Waals surface area (Å²) < 4.78 is 15.1. The lowest BCUT2D eigenvalue weighted by molar-refractivity contribution is -0.135. The van der Waals surface area contributed by atoms with Crippen LogP contribution in [0.1, 0.15) is 50.0 Å². The van der Waals surface area contributed by atoms with Gasteiger partial charge in [0.1, 0.15) is 17.7 Å². The first-order valence-electron chi connectivity index (χ1n) is 10.9. The van der Waals surface area contributed by atoms with Crippen LogP contribution in [-0.2, 0) is 20.9 Å². The summed E-state index contributed by atoms with van der Waals surface area (Å²) in [6.07, 6.45) is 4.22. The number of rotatable bonds is 5. The predicted octanol–water partition coefficient (Wildman–Crippen LogP) is 2.51. The van der Waals surface area contributed by atoms with Crippen molar-refractivity contribution >= 4 is 28.6 Å². The summed E-state index contributed by atoms with van der Waals surface area (Å²) in [6.45, 7) is 3.44. The highest BCUT2D eigenvalue weighted by Crippen LogP contribution is 2.26.